The number of aryl methyl sites for hydroxylation is 1. The van der Waals surface area contributed by atoms with Crippen LogP contribution in [0.25, 0.3) is 5.65 Å². The van der Waals surface area contributed by atoms with Crippen LogP contribution in [0.2, 0.25) is 5.02 Å². The monoisotopic (exact) mass is 251 g/mol. The minimum Gasteiger partial charge on any atom is -0.349 e. The highest BCUT2D eigenvalue weighted by Gasteiger charge is 2.16. The Morgan fingerprint density at radius 3 is 2.88 bits per heavy atom. The molecule has 2 rings (SSSR count). The highest BCUT2D eigenvalue weighted by Crippen LogP contribution is 2.16. The molecule has 0 spiro atoms. The van der Waals surface area contributed by atoms with Gasteiger partial charge < -0.3 is 5.32 Å². The van der Waals surface area contributed by atoms with Gasteiger partial charge in [0.2, 0.25) is 0 Å². The Kier molecular flexibility index (Phi) is 3.07. The lowest BCUT2D eigenvalue weighted by Crippen LogP contribution is -2.31. The summed E-state index contributed by atoms with van der Waals surface area (Å²) >= 11 is 5.89. The van der Waals surface area contributed by atoms with Crippen LogP contribution in [-0.4, -0.2) is 21.3 Å². The second-order valence-electron chi connectivity index (χ2n) is 4.25. The maximum Gasteiger partial charge on any atom is 0.270 e. The number of aromatic nitrogens is 2. The normalized spacial score (nSPS) is 11.1. The zero-order valence-electron chi connectivity index (χ0n) is 9.99. The number of nitrogens with zero attached hydrogens (tertiary/aromatic N) is 2. The summed E-state index contributed by atoms with van der Waals surface area (Å²) in [6, 6.07) is 3.57. The van der Waals surface area contributed by atoms with E-state index in [1.165, 1.54) is 0 Å². The first kappa shape index (κ1) is 11.9. The van der Waals surface area contributed by atoms with Crippen LogP contribution in [0.4, 0.5) is 0 Å². The van der Waals surface area contributed by atoms with Gasteiger partial charge in [-0.3, -0.25) is 9.20 Å². The molecule has 17 heavy (non-hydrogen) atoms. The molecule has 0 atom stereocenters. The number of carbonyl (C=O) groups excluding carboxylic acids is 1. The number of amides is 1. The van der Waals surface area contributed by atoms with Crippen LogP contribution >= 0.6 is 11.6 Å². The van der Waals surface area contributed by atoms with Crippen molar-refractivity contribution in [2.45, 2.75) is 26.8 Å². The Morgan fingerprint density at radius 2 is 2.24 bits per heavy atom. The smallest absolute Gasteiger partial charge is 0.270 e. The predicted octanol–water partition coefficient (Wildman–Crippen LogP) is 2.43. The molecule has 0 radical (unpaired) electrons. The maximum atomic E-state index is 12.0. The van der Waals surface area contributed by atoms with Crippen LogP contribution in [0.1, 0.15) is 30.0 Å². The van der Waals surface area contributed by atoms with Crippen LogP contribution in [0, 0.1) is 6.92 Å². The summed E-state index contributed by atoms with van der Waals surface area (Å²) in [7, 11) is 0. The van der Waals surface area contributed by atoms with Crippen LogP contribution < -0.4 is 5.32 Å². The first-order chi connectivity index (χ1) is 7.99. The number of hydrogen-bond acceptors (Lipinski definition) is 2. The molecule has 2 aromatic heterocycles. The van der Waals surface area contributed by atoms with Gasteiger partial charge in [-0.2, -0.15) is 0 Å². The van der Waals surface area contributed by atoms with Gasteiger partial charge in [0.1, 0.15) is 11.3 Å². The zero-order chi connectivity index (χ0) is 12.6. The first-order valence-corrected chi connectivity index (χ1v) is 5.82. The zero-order valence-corrected chi connectivity index (χ0v) is 10.7. The third-order valence-corrected chi connectivity index (χ3v) is 2.63. The van der Waals surface area contributed by atoms with E-state index >= 15 is 0 Å². The summed E-state index contributed by atoms with van der Waals surface area (Å²) in [5.41, 5.74) is 1.94. The number of rotatable bonds is 2. The summed E-state index contributed by atoms with van der Waals surface area (Å²) < 4.78 is 1.75. The topological polar surface area (TPSA) is 46.4 Å². The van der Waals surface area contributed by atoms with Crippen molar-refractivity contribution >= 4 is 23.2 Å². The molecule has 0 unspecified atom stereocenters. The lowest BCUT2D eigenvalue weighted by Gasteiger charge is -2.08. The fraction of sp³-hybridized carbons (Fsp3) is 0.333. The van der Waals surface area contributed by atoms with Gasteiger partial charge in [0.15, 0.2) is 0 Å². The van der Waals surface area contributed by atoms with Gasteiger partial charge in [-0.25, -0.2) is 4.98 Å². The molecule has 1 amide bonds. The first-order valence-electron chi connectivity index (χ1n) is 5.44. The van der Waals surface area contributed by atoms with Crippen LogP contribution in [0.5, 0.6) is 0 Å². The number of hydrogen-bond donors (Lipinski definition) is 1. The van der Waals surface area contributed by atoms with Gasteiger partial charge >= 0.3 is 0 Å². The van der Waals surface area contributed by atoms with E-state index in [9.17, 15) is 4.79 Å². The Morgan fingerprint density at radius 1 is 1.53 bits per heavy atom. The highest BCUT2D eigenvalue weighted by atomic mass is 35.5. The molecule has 0 saturated carbocycles. The van der Waals surface area contributed by atoms with E-state index in [1.54, 1.807) is 22.7 Å². The van der Waals surface area contributed by atoms with Crippen molar-refractivity contribution < 1.29 is 4.79 Å². The molecule has 1 N–H and O–H groups in total. The molecule has 90 valence electrons. The Balaban J connectivity index is 2.53. The summed E-state index contributed by atoms with van der Waals surface area (Å²) in [6.45, 7) is 5.66. The fourth-order valence-corrected chi connectivity index (χ4v) is 1.90. The molecule has 5 heteroatoms. The number of pyridine rings is 1. The van der Waals surface area contributed by atoms with Crippen molar-refractivity contribution in [1.29, 1.82) is 0 Å². The molecule has 0 bridgehead atoms. The average Bonchev–Trinajstić information content (AvgIpc) is 2.51. The Bertz CT molecular complexity index is 574. The predicted molar refractivity (Wildman–Crippen MR) is 67.5 cm³/mol. The van der Waals surface area contributed by atoms with E-state index in [-0.39, 0.29) is 11.9 Å². The van der Waals surface area contributed by atoms with Crippen molar-refractivity contribution in [3.05, 3.63) is 34.7 Å². The van der Waals surface area contributed by atoms with E-state index in [0.29, 0.717) is 22.1 Å². The van der Waals surface area contributed by atoms with Crippen LogP contribution in [-0.2, 0) is 0 Å². The summed E-state index contributed by atoms with van der Waals surface area (Å²) in [5.74, 6) is -0.118. The SMILES string of the molecule is Cc1nc2cc(Cl)ccn2c1C(=O)NC(C)C. The third kappa shape index (κ3) is 2.26. The number of imidazole rings is 1. The van der Waals surface area contributed by atoms with Crippen molar-refractivity contribution in [3.63, 3.8) is 0 Å². The van der Waals surface area contributed by atoms with E-state index in [0.717, 1.165) is 0 Å². The van der Waals surface area contributed by atoms with Gasteiger partial charge in [-0.1, -0.05) is 11.6 Å². The van der Waals surface area contributed by atoms with Crippen LogP contribution in [0.15, 0.2) is 18.3 Å². The lowest BCUT2D eigenvalue weighted by molar-refractivity contribution is 0.0936. The number of carbonyl (C=O) groups is 1. The molecule has 4 nitrogen and oxygen atoms in total. The molecular formula is C12H14ClN3O. The molecule has 0 saturated heterocycles. The number of halogens is 1. The van der Waals surface area contributed by atoms with E-state index < -0.39 is 0 Å². The maximum absolute atomic E-state index is 12.0. The van der Waals surface area contributed by atoms with E-state index in [2.05, 4.69) is 10.3 Å². The second-order valence-corrected chi connectivity index (χ2v) is 4.68. The molecule has 0 aliphatic heterocycles. The highest BCUT2D eigenvalue weighted by molar-refractivity contribution is 6.30. The van der Waals surface area contributed by atoms with E-state index in [4.69, 9.17) is 11.6 Å². The van der Waals surface area contributed by atoms with Crippen molar-refractivity contribution in [3.8, 4) is 0 Å². The number of fused-ring (bicyclic) bond motifs is 1. The fourth-order valence-electron chi connectivity index (χ4n) is 1.74. The largest absolute Gasteiger partial charge is 0.349 e. The summed E-state index contributed by atoms with van der Waals surface area (Å²) in [5, 5.41) is 3.47. The van der Waals surface area contributed by atoms with Gasteiger partial charge in [-0.15, -0.1) is 0 Å². The lowest BCUT2D eigenvalue weighted by atomic mass is 10.3. The van der Waals surface area contributed by atoms with Crippen molar-refractivity contribution in [1.82, 2.24) is 14.7 Å². The molecule has 2 heterocycles. The number of nitrogens with one attached hydrogen (secondary N) is 1. The third-order valence-electron chi connectivity index (χ3n) is 2.40. The van der Waals surface area contributed by atoms with Gasteiger partial charge in [-0.05, 0) is 26.8 Å². The van der Waals surface area contributed by atoms with Crippen molar-refractivity contribution in [2.75, 3.05) is 0 Å². The summed E-state index contributed by atoms with van der Waals surface area (Å²) in [6.07, 6.45) is 1.76. The molecule has 0 aliphatic carbocycles. The molecule has 0 fully saturated rings. The Hall–Kier alpha value is -1.55. The Labute approximate surface area is 105 Å². The van der Waals surface area contributed by atoms with Gasteiger partial charge in [0.25, 0.3) is 5.91 Å². The van der Waals surface area contributed by atoms with Gasteiger partial charge in [0.05, 0.1) is 5.69 Å². The second kappa shape index (κ2) is 4.37. The molecular weight excluding hydrogens is 238 g/mol. The minimum absolute atomic E-state index is 0.0970. The van der Waals surface area contributed by atoms with Gasteiger partial charge in [0, 0.05) is 23.3 Å². The average molecular weight is 252 g/mol. The standard InChI is InChI=1S/C12H14ClN3O/c1-7(2)14-12(17)11-8(3)15-10-6-9(13)4-5-16(10)11/h4-7H,1-3H3,(H,14,17). The minimum atomic E-state index is -0.118. The molecule has 0 aliphatic rings. The molecule has 2 aromatic rings. The quantitative estimate of drug-likeness (QED) is 0.891. The van der Waals surface area contributed by atoms with Crippen molar-refractivity contribution in [2.24, 2.45) is 0 Å². The van der Waals surface area contributed by atoms with E-state index in [1.807, 2.05) is 20.8 Å². The summed E-state index contributed by atoms with van der Waals surface area (Å²) in [4.78, 5) is 16.4. The van der Waals surface area contributed by atoms with Crippen LogP contribution in [0.3, 0.4) is 0 Å². The molecule has 0 aromatic carbocycles.